The van der Waals surface area contributed by atoms with Gasteiger partial charge in [-0.2, -0.15) is 0 Å². The topological polar surface area (TPSA) is 84.5 Å². The number of aryl methyl sites for hydroxylation is 2. The summed E-state index contributed by atoms with van der Waals surface area (Å²) in [5, 5.41) is 2.96. The van der Waals surface area contributed by atoms with Crippen LogP contribution in [-0.4, -0.2) is 41.1 Å². The predicted octanol–water partition coefficient (Wildman–Crippen LogP) is 2.94. The molecule has 0 aliphatic heterocycles. The lowest BCUT2D eigenvalue weighted by atomic mass is 9.82. The monoisotopic (exact) mass is 418 g/mol. The zero-order chi connectivity index (χ0) is 21.7. The molecule has 0 unspecified atom stereocenters. The Morgan fingerprint density at radius 1 is 1.07 bits per heavy atom. The number of carbonyl (C=O) groups excluding carboxylic acids is 1. The molecule has 2 rings (SSSR count). The maximum atomic E-state index is 12.8. The van der Waals surface area contributed by atoms with E-state index in [1.807, 2.05) is 25.1 Å². The number of methoxy groups -OCH3 is 1. The van der Waals surface area contributed by atoms with Gasteiger partial charge in [-0.25, -0.2) is 13.1 Å². The molecule has 0 bridgehead atoms. The standard InChI is InChI=1S/C22H30N2O4S/c1-16-10-11-18(29(26,27)24-12-13-28-5)14-19(16)21(25)23-15-22(3,4)20-9-7-6-8-17(20)2/h6-11,14,24H,12-13,15H2,1-5H3,(H,23,25). The molecule has 0 aromatic heterocycles. The second-order valence-corrected chi connectivity index (χ2v) is 9.52. The average Bonchev–Trinajstić information content (AvgIpc) is 2.66. The van der Waals surface area contributed by atoms with Gasteiger partial charge in [0.2, 0.25) is 10.0 Å². The Morgan fingerprint density at radius 2 is 1.76 bits per heavy atom. The van der Waals surface area contributed by atoms with Gasteiger partial charge in [-0.05, 0) is 42.7 Å². The summed E-state index contributed by atoms with van der Waals surface area (Å²) >= 11 is 0. The molecule has 1 amide bonds. The molecule has 29 heavy (non-hydrogen) atoms. The van der Waals surface area contributed by atoms with Crippen molar-refractivity contribution in [2.75, 3.05) is 26.8 Å². The summed E-state index contributed by atoms with van der Waals surface area (Å²) in [6, 6.07) is 12.6. The van der Waals surface area contributed by atoms with Crippen LogP contribution >= 0.6 is 0 Å². The van der Waals surface area contributed by atoms with Gasteiger partial charge in [-0.3, -0.25) is 4.79 Å². The normalized spacial score (nSPS) is 12.0. The van der Waals surface area contributed by atoms with E-state index < -0.39 is 10.0 Å². The van der Waals surface area contributed by atoms with E-state index in [0.29, 0.717) is 17.7 Å². The zero-order valence-electron chi connectivity index (χ0n) is 17.7. The van der Waals surface area contributed by atoms with Gasteiger partial charge in [0.05, 0.1) is 11.5 Å². The highest BCUT2D eigenvalue weighted by Gasteiger charge is 2.24. The molecule has 0 fully saturated rings. The van der Waals surface area contributed by atoms with E-state index in [2.05, 4.69) is 30.0 Å². The first-order valence-electron chi connectivity index (χ1n) is 9.52. The molecule has 0 atom stereocenters. The number of nitrogens with one attached hydrogen (secondary N) is 2. The lowest BCUT2D eigenvalue weighted by Crippen LogP contribution is -2.37. The summed E-state index contributed by atoms with van der Waals surface area (Å²) in [7, 11) is -2.21. The number of hydrogen-bond acceptors (Lipinski definition) is 4. The van der Waals surface area contributed by atoms with Crippen molar-refractivity contribution in [1.29, 1.82) is 0 Å². The van der Waals surface area contributed by atoms with Crippen LogP contribution in [0.1, 0.15) is 40.9 Å². The second kappa shape index (κ2) is 9.52. The summed E-state index contributed by atoms with van der Waals surface area (Å²) in [6.07, 6.45) is 0. The molecule has 0 spiro atoms. The Bertz CT molecular complexity index is 969. The number of amides is 1. The first kappa shape index (κ1) is 23.1. The van der Waals surface area contributed by atoms with Gasteiger partial charge in [0, 0.05) is 31.2 Å². The van der Waals surface area contributed by atoms with Crippen LogP contribution in [0, 0.1) is 13.8 Å². The minimum Gasteiger partial charge on any atom is -0.383 e. The lowest BCUT2D eigenvalue weighted by molar-refractivity contribution is 0.0944. The third-order valence-corrected chi connectivity index (χ3v) is 6.39. The van der Waals surface area contributed by atoms with Crippen molar-refractivity contribution >= 4 is 15.9 Å². The van der Waals surface area contributed by atoms with Crippen LogP contribution in [0.25, 0.3) is 0 Å². The minimum atomic E-state index is -3.71. The van der Waals surface area contributed by atoms with E-state index in [4.69, 9.17) is 4.74 Å². The Labute approximate surface area is 173 Å². The highest BCUT2D eigenvalue weighted by Crippen LogP contribution is 2.25. The fourth-order valence-corrected chi connectivity index (χ4v) is 4.24. The molecule has 0 heterocycles. The Kier molecular flexibility index (Phi) is 7.57. The molecule has 2 N–H and O–H groups in total. The van der Waals surface area contributed by atoms with Gasteiger partial charge in [0.25, 0.3) is 5.91 Å². The third kappa shape index (κ3) is 5.88. The fraction of sp³-hybridized carbons (Fsp3) is 0.409. The Balaban J connectivity index is 2.18. The van der Waals surface area contributed by atoms with Crippen LogP contribution in [0.2, 0.25) is 0 Å². The summed E-state index contributed by atoms with van der Waals surface area (Å²) in [5.41, 5.74) is 3.13. The van der Waals surface area contributed by atoms with Crippen molar-refractivity contribution in [2.45, 2.75) is 38.0 Å². The van der Waals surface area contributed by atoms with Crippen molar-refractivity contribution in [3.8, 4) is 0 Å². The van der Waals surface area contributed by atoms with Crippen LogP contribution < -0.4 is 10.0 Å². The van der Waals surface area contributed by atoms with Crippen LogP contribution in [0.4, 0.5) is 0 Å². The highest BCUT2D eigenvalue weighted by molar-refractivity contribution is 7.89. The highest BCUT2D eigenvalue weighted by atomic mass is 32.2. The zero-order valence-corrected chi connectivity index (χ0v) is 18.5. The Morgan fingerprint density at radius 3 is 2.41 bits per heavy atom. The quantitative estimate of drug-likeness (QED) is 0.613. The number of benzene rings is 2. The number of carbonyl (C=O) groups is 1. The van der Waals surface area contributed by atoms with Crippen molar-refractivity contribution < 1.29 is 17.9 Å². The molecule has 0 saturated carbocycles. The van der Waals surface area contributed by atoms with Gasteiger partial charge in [-0.1, -0.05) is 44.2 Å². The summed E-state index contributed by atoms with van der Waals surface area (Å²) in [5.74, 6) is -0.293. The lowest BCUT2D eigenvalue weighted by Gasteiger charge is -2.27. The van der Waals surface area contributed by atoms with Gasteiger partial charge < -0.3 is 10.1 Å². The second-order valence-electron chi connectivity index (χ2n) is 7.75. The largest absolute Gasteiger partial charge is 0.383 e. The SMILES string of the molecule is COCCNS(=O)(=O)c1ccc(C)c(C(=O)NCC(C)(C)c2ccccc2C)c1. The van der Waals surface area contributed by atoms with E-state index in [1.165, 1.54) is 19.2 Å². The predicted molar refractivity (Wildman–Crippen MR) is 115 cm³/mol. The molecule has 7 heteroatoms. The van der Waals surface area contributed by atoms with Crippen LogP contribution in [-0.2, 0) is 20.2 Å². The van der Waals surface area contributed by atoms with Crippen LogP contribution in [0.3, 0.4) is 0 Å². The van der Waals surface area contributed by atoms with E-state index in [0.717, 1.165) is 11.1 Å². The smallest absolute Gasteiger partial charge is 0.251 e. The van der Waals surface area contributed by atoms with Crippen molar-refractivity contribution in [3.63, 3.8) is 0 Å². The first-order chi connectivity index (χ1) is 13.6. The maximum Gasteiger partial charge on any atom is 0.251 e. The summed E-state index contributed by atoms with van der Waals surface area (Å²) in [4.78, 5) is 12.9. The number of hydrogen-bond donors (Lipinski definition) is 2. The van der Waals surface area contributed by atoms with Gasteiger partial charge in [0.1, 0.15) is 0 Å². The van der Waals surface area contributed by atoms with Gasteiger partial charge in [-0.15, -0.1) is 0 Å². The van der Waals surface area contributed by atoms with Crippen molar-refractivity contribution in [3.05, 3.63) is 64.7 Å². The van der Waals surface area contributed by atoms with Crippen LogP contribution in [0.5, 0.6) is 0 Å². The maximum absolute atomic E-state index is 12.8. The molecule has 0 aliphatic carbocycles. The van der Waals surface area contributed by atoms with E-state index in [1.54, 1.807) is 13.0 Å². The van der Waals surface area contributed by atoms with E-state index in [9.17, 15) is 13.2 Å². The van der Waals surface area contributed by atoms with E-state index >= 15 is 0 Å². The molecule has 0 saturated heterocycles. The van der Waals surface area contributed by atoms with Crippen LogP contribution in [0.15, 0.2) is 47.4 Å². The number of sulfonamides is 1. The molecule has 2 aromatic carbocycles. The molecule has 6 nitrogen and oxygen atoms in total. The van der Waals surface area contributed by atoms with E-state index in [-0.39, 0.29) is 29.4 Å². The third-order valence-electron chi connectivity index (χ3n) is 4.93. The van der Waals surface area contributed by atoms with Crippen molar-refractivity contribution in [1.82, 2.24) is 10.0 Å². The van der Waals surface area contributed by atoms with Gasteiger partial charge in [0.15, 0.2) is 0 Å². The van der Waals surface area contributed by atoms with Crippen molar-refractivity contribution in [2.24, 2.45) is 0 Å². The molecule has 0 radical (unpaired) electrons. The molecule has 0 aliphatic rings. The fourth-order valence-electron chi connectivity index (χ4n) is 3.20. The molecule has 158 valence electrons. The minimum absolute atomic E-state index is 0.0579. The summed E-state index contributed by atoms with van der Waals surface area (Å²) in [6.45, 7) is 8.85. The first-order valence-corrected chi connectivity index (χ1v) is 11.0. The van der Waals surface area contributed by atoms with Gasteiger partial charge >= 0.3 is 0 Å². The summed E-state index contributed by atoms with van der Waals surface area (Å²) < 4.78 is 32.2. The number of rotatable bonds is 9. The molecular formula is C22H30N2O4S. The molecule has 2 aromatic rings. The number of ether oxygens (including phenoxy) is 1. The average molecular weight is 419 g/mol. The Hall–Kier alpha value is -2.22. The molecular weight excluding hydrogens is 388 g/mol.